The molecule has 412 valence electrons. The molecule has 0 radical (unpaired) electrons. The van der Waals surface area contributed by atoms with Gasteiger partial charge in [0, 0.05) is 13.0 Å². The Kier molecular flexibility index (Phi) is 53.9. The van der Waals surface area contributed by atoms with Crippen LogP contribution >= 0.6 is 7.82 Å². The van der Waals surface area contributed by atoms with Gasteiger partial charge in [-0.05, 0) is 12.8 Å². The summed E-state index contributed by atoms with van der Waals surface area (Å²) in [5.41, 5.74) is 5.38. The number of aliphatic carboxylic acids is 1. The molecule has 0 saturated carbocycles. The normalized spacial score (nSPS) is 13.4. The molecule has 0 aliphatic rings. The van der Waals surface area contributed by atoms with E-state index in [-0.39, 0.29) is 13.0 Å². The Labute approximate surface area is 427 Å². The van der Waals surface area contributed by atoms with Crippen LogP contribution in [0.2, 0.25) is 0 Å². The SMILES string of the molecule is CCCCCCCCCCCCCCCCCCCCCCCCCCCCCCCCCCCCCC(=O)O[C@H](COCCCCCCCCCCCCCC)COP(=O)(O)OC[C@H](N)C(=O)O. The van der Waals surface area contributed by atoms with Crippen LogP contribution in [0.1, 0.15) is 322 Å². The van der Waals surface area contributed by atoms with Gasteiger partial charge in [-0.2, -0.15) is 0 Å². The maximum Gasteiger partial charge on any atom is 0.472 e. The first-order valence-corrected chi connectivity index (χ1v) is 31.6. The lowest BCUT2D eigenvalue weighted by Crippen LogP contribution is -2.34. The Bertz CT molecular complexity index is 1110. The largest absolute Gasteiger partial charge is 0.480 e. The molecule has 11 heteroatoms. The van der Waals surface area contributed by atoms with E-state index >= 15 is 0 Å². The maximum atomic E-state index is 12.7. The van der Waals surface area contributed by atoms with Crippen molar-refractivity contribution in [3.8, 4) is 0 Å². The number of hydrogen-bond acceptors (Lipinski definition) is 8. The Balaban J connectivity index is 3.79. The number of phosphoric acid groups is 1. The predicted molar refractivity (Wildman–Crippen MR) is 291 cm³/mol. The molecule has 10 nitrogen and oxygen atoms in total. The molecule has 0 aromatic carbocycles. The van der Waals surface area contributed by atoms with Crippen LogP contribution in [0, 0.1) is 0 Å². The van der Waals surface area contributed by atoms with Crippen LogP contribution in [0.25, 0.3) is 0 Å². The van der Waals surface area contributed by atoms with Gasteiger partial charge >= 0.3 is 19.8 Å². The number of carbonyl (C=O) groups excluding carboxylic acids is 1. The van der Waals surface area contributed by atoms with Crippen LogP contribution in [0.3, 0.4) is 0 Å². The fourth-order valence-electron chi connectivity index (χ4n) is 9.26. The highest BCUT2D eigenvalue weighted by molar-refractivity contribution is 7.47. The fourth-order valence-corrected chi connectivity index (χ4v) is 10.0. The van der Waals surface area contributed by atoms with E-state index < -0.39 is 45.1 Å². The van der Waals surface area contributed by atoms with Gasteiger partial charge in [0.1, 0.15) is 12.1 Å². The summed E-state index contributed by atoms with van der Waals surface area (Å²) in [4.78, 5) is 33.7. The molecule has 3 atom stereocenters. The van der Waals surface area contributed by atoms with E-state index in [1.165, 1.54) is 263 Å². The number of phosphoric ester groups is 1. The molecule has 69 heavy (non-hydrogen) atoms. The van der Waals surface area contributed by atoms with Gasteiger partial charge in [-0.15, -0.1) is 0 Å². The molecule has 0 aliphatic carbocycles. The minimum absolute atomic E-state index is 0.0259. The second kappa shape index (κ2) is 54.7. The zero-order valence-electron chi connectivity index (χ0n) is 45.7. The smallest absolute Gasteiger partial charge is 0.472 e. The van der Waals surface area contributed by atoms with Crippen molar-refractivity contribution < 1.29 is 42.7 Å². The van der Waals surface area contributed by atoms with E-state index in [0.717, 1.165) is 38.5 Å². The van der Waals surface area contributed by atoms with Crippen molar-refractivity contribution in [3.63, 3.8) is 0 Å². The van der Waals surface area contributed by atoms with E-state index in [9.17, 15) is 19.0 Å². The van der Waals surface area contributed by atoms with E-state index in [2.05, 4.69) is 13.8 Å². The molecule has 0 aromatic heterocycles. The van der Waals surface area contributed by atoms with Crippen LogP contribution in [0.15, 0.2) is 0 Å². The third kappa shape index (κ3) is 54.6. The molecule has 0 fully saturated rings. The number of nitrogens with two attached hydrogens (primary N) is 1. The highest BCUT2D eigenvalue weighted by Crippen LogP contribution is 2.43. The summed E-state index contributed by atoms with van der Waals surface area (Å²) in [5, 5.41) is 8.93. The summed E-state index contributed by atoms with van der Waals surface area (Å²) in [6, 6.07) is -1.47. The van der Waals surface area contributed by atoms with Crippen molar-refractivity contribution in [2.24, 2.45) is 5.73 Å². The van der Waals surface area contributed by atoms with Gasteiger partial charge in [0.05, 0.1) is 19.8 Å². The number of esters is 1. The molecule has 4 N–H and O–H groups in total. The van der Waals surface area contributed by atoms with Gasteiger partial charge in [-0.25, -0.2) is 4.57 Å². The number of rotatable bonds is 59. The number of carbonyl (C=O) groups is 2. The predicted octanol–water partition coefficient (Wildman–Crippen LogP) is 18.2. The van der Waals surface area contributed by atoms with Gasteiger partial charge < -0.3 is 25.2 Å². The van der Waals surface area contributed by atoms with Gasteiger partial charge in [-0.3, -0.25) is 18.6 Å². The first-order chi connectivity index (χ1) is 33.7. The lowest BCUT2D eigenvalue weighted by atomic mass is 10.0. The first kappa shape index (κ1) is 68.0. The summed E-state index contributed by atoms with van der Waals surface area (Å²) in [6.45, 7) is 3.96. The molecule has 0 heterocycles. The van der Waals surface area contributed by atoms with Gasteiger partial charge in [-0.1, -0.05) is 303 Å². The van der Waals surface area contributed by atoms with Crippen molar-refractivity contribution in [2.75, 3.05) is 26.4 Å². The molecule has 0 amide bonds. The first-order valence-electron chi connectivity index (χ1n) is 30.1. The summed E-state index contributed by atoms with van der Waals surface area (Å²) in [5.74, 6) is -1.76. The number of carboxylic acid groups (broad SMARTS) is 1. The van der Waals surface area contributed by atoms with E-state index in [4.69, 9.17) is 29.4 Å². The highest BCUT2D eigenvalue weighted by atomic mass is 31.2. The minimum atomic E-state index is -4.61. The molecular weight excluding hydrogens is 886 g/mol. The van der Waals surface area contributed by atoms with Gasteiger partial charge in [0.2, 0.25) is 0 Å². The molecule has 0 aromatic rings. The van der Waals surface area contributed by atoms with Gasteiger partial charge in [0.15, 0.2) is 0 Å². The lowest BCUT2D eigenvalue weighted by molar-refractivity contribution is -0.154. The molecule has 0 spiro atoms. The number of hydrogen-bond donors (Lipinski definition) is 3. The molecule has 0 saturated heterocycles. The number of carboxylic acids is 1. The summed E-state index contributed by atoms with van der Waals surface area (Å²) >= 11 is 0. The third-order valence-electron chi connectivity index (χ3n) is 13.9. The van der Waals surface area contributed by atoms with Crippen LogP contribution in [-0.4, -0.2) is 60.5 Å². The Hall–Kier alpha value is -1.03. The minimum Gasteiger partial charge on any atom is -0.480 e. The second-order valence-electron chi connectivity index (χ2n) is 20.9. The monoisotopic (exact) mass is 1000 g/mol. The molecule has 1 unspecified atom stereocenters. The van der Waals surface area contributed by atoms with E-state index in [1.54, 1.807) is 0 Å². The van der Waals surface area contributed by atoms with Crippen molar-refractivity contribution in [3.05, 3.63) is 0 Å². The highest BCUT2D eigenvalue weighted by Gasteiger charge is 2.27. The quantitative estimate of drug-likeness (QED) is 0.0305. The van der Waals surface area contributed by atoms with Crippen LogP contribution in [0.5, 0.6) is 0 Å². The average Bonchev–Trinajstić information content (AvgIpc) is 3.33. The van der Waals surface area contributed by atoms with Crippen molar-refractivity contribution in [2.45, 2.75) is 334 Å². The van der Waals surface area contributed by atoms with E-state index in [0.29, 0.717) is 6.61 Å². The summed E-state index contributed by atoms with van der Waals surface area (Å²) in [7, 11) is -4.61. The Morgan fingerprint density at radius 3 is 0.957 bits per heavy atom. The Morgan fingerprint density at radius 1 is 0.406 bits per heavy atom. The van der Waals surface area contributed by atoms with E-state index in [1.807, 2.05) is 0 Å². The molecule has 0 aliphatic heterocycles. The summed E-state index contributed by atoms with van der Waals surface area (Å²) in [6.07, 6.45) is 62.2. The van der Waals surface area contributed by atoms with Crippen molar-refractivity contribution in [1.82, 2.24) is 0 Å². The third-order valence-corrected chi connectivity index (χ3v) is 14.8. The summed E-state index contributed by atoms with van der Waals surface area (Å²) < 4.78 is 33.5. The fraction of sp³-hybridized carbons (Fsp3) is 0.966. The maximum absolute atomic E-state index is 12.7. The standard InChI is InChI=1S/C58H116NO9P/c1-3-5-7-9-11-13-15-17-18-19-20-21-22-23-24-25-26-27-28-29-30-31-32-33-34-35-36-37-38-39-40-42-44-46-48-50-57(60)68-55(53-66-69(63,64)67-54-56(59)58(61)62)52-65-51-49-47-45-43-41-16-14-12-10-8-6-4-2/h55-56H,3-54,59H2,1-2H3,(H,61,62)(H,63,64)/t55-,56+/m1/s1. The van der Waals surface area contributed by atoms with Crippen molar-refractivity contribution >= 4 is 19.8 Å². The zero-order valence-corrected chi connectivity index (χ0v) is 46.6. The topological polar surface area (TPSA) is 155 Å². The number of ether oxygens (including phenoxy) is 2. The molecule has 0 rings (SSSR count). The van der Waals surface area contributed by atoms with Crippen LogP contribution in [-0.2, 0) is 32.7 Å². The lowest BCUT2D eigenvalue weighted by Gasteiger charge is -2.20. The van der Waals surface area contributed by atoms with Crippen molar-refractivity contribution in [1.29, 1.82) is 0 Å². The van der Waals surface area contributed by atoms with Gasteiger partial charge in [0.25, 0.3) is 0 Å². The van der Waals surface area contributed by atoms with Crippen LogP contribution < -0.4 is 5.73 Å². The number of unbranched alkanes of at least 4 members (excludes halogenated alkanes) is 45. The zero-order chi connectivity index (χ0) is 50.4. The molecular formula is C58H116NO9P. The van der Waals surface area contributed by atoms with Crippen LogP contribution in [0.4, 0.5) is 0 Å². The molecule has 0 bridgehead atoms. The average molecular weight is 1000 g/mol. The second-order valence-corrected chi connectivity index (χ2v) is 22.3. The Morgan fingerprint density at radius 2 is 0.667 bits per heavy atom.